The first kappa shape index (κ1) is 16.7. The van der Waals surface area contributed by atoms with Gasteiger partial charge in [-0.1, -0.05) is 72.3 Å². The minimum Gasteiger partial charge on any atom is -0.383 e. The molecular weight excluding hydrogens is 304 g/mol. The van der Waals surface area contributed by atoms with E-state index in [4.69, 9.17) is 5.73 Å². The Labute approximate surface area is 149 Å². The summed E-state index contributed by atoms with van der Waals surface area (Å²) in [5.41, 5.74) is 12.8. The maximum absolute atomic E-state index is 6.35. The van der Waals surface area contributed by atoms with Gasteiger partial charge in [-0.15, -0.1) is 0 Å². The molecule has 2 nitrogen and oxygen atoms in total. The summed E-state index contributed by atoms with van der Waals surface area (Å²) in [5.74, 6) is 0.533. The lowest BCUT2D eigenvalue weighted by Gasteiger charge is -2.11. The summed E-state index contributed by atoms with van der Waals surface area (Å²) < 4.78 is 0. The number of aryl methyl sites for hydroxylation is 2. The molecule has 25 heavy (non-hydrogen) atoms. The first-order valence-corrected chi connectivity index (χ1v) is 8.37. The lowest BCUT2D eigenvalue weighted by Crippen LogP contribution is -2.15. The second kappa shape index (κ2) is 7.63. The molecule has 0 saturated heterocycles. The number of hydrogen-bond acceptors (Lipinski definition) is 1. The van der Waals surface area contributed by atoms with Crippen LogP contribution in [0.25, 0.3) is 12.2 Å². The third kappa shape index (κ3) is 4.24. The first-order valence-electron chi connectivity index (χ1n) is 8.37. The molecule has 3 rings (SSSR count). The third-order valence-corrected chi connectivity index (χ3v) is 4.05. The highest BCUT2D eigenvalue weighted by Crippen LogP contribution is 2.21. The van der Waals surface area contributed by atoms with E-state index in [1.807, 2.05) is 48.5 Å². The molecule has 0 saturated carbocycles. The van der Waals surface area contributed by atoms with E-state index in [0.29, 0.717) is 5.84 Å². The third-order valence-electron chi connectivity index (χ3n) is 4.05. The normalized spacial score (nSPS) is 11.8. The summed E-state index contributed by atoms with van der Waals surface area (Å²) in [4.78, 5) is 4.59. The van der Waals surface area contributed by atoms with Gasteiger partial charge in [0.25, 0.3) is 0 Å². The van der Waals surface area contributed by atoms with Crippen molar-refractivity contribution >= 4 is 23.7 Å². The zero-order chi connectivity index (χ0) is 17.6. The minimum absolute atomic E-state index is 0.533. The largest absolute Gasteiger partial charge is 0.383 e. The van der Waals surface area contributed by atoms with Gasteiger partial charge >= 0.3 is 0 Å². The summed E-state index contributed by atoms with van der Waals surface area (Å²) in [6.45, 7) is 4.19. The summed E-state index contributed by atoms with van der Waals surface area (Å²) in [6, 6.07) is 24.3. The maximum Gasteiger partial charge on any atom is 0.131 e. The number of benzene rings is 3. The van der Waals surface area contributed by atoms with Gasteiger partial charge in [-0.25, -0.2) is 4.99 Å². The number of aliphatic imine (C=N–C) groups is 1. The Bertz CT molecular complexity index is 908. The summed E-state index contributed by atoms with van der Waals surface area (Å²) in [7, 11) is 0. The van der Waals surface area contributed by atoms with Crippen molar-refractivity contribution in [3.63, 3.8) is 0 Å². The Morgan fingerprint density at radius 1 is 0.840 bits per heavy atom. The molecule has 0 atom stereocenters. The van der Waals surface area contributed by atoms with Crippen LogP contribution in [0.3, 0.4) is 0 Å². The van der Waals surface area contributed by atoms with Crippen LogP contribution in [0, 0.1) is 13.8 Å². The topological polar surface area (TPSA) is 38.4 Å². The van der Waals surface area contributed by atoms with E-state index in [0.717, 1.165) is 22.4 Å². The fraction of sp³-hybridized carbons (Fsp3) is 0.0870. The van der Waals surface area contributed by atoms with E-state index in [1.165, 1.54) is 11.1 Å². The van der Waals surface area contributed by atoms with Gasteiger partial charge in [0, 0.05) is 5.56 Å². The zero-order valence-electron chi connectivity index (χ0n) is 14.6. The number of nitrogens with two attached hydrogens (primary N) is 1. The average molecular weight is 326 g/mol. The molecule has 0 bridgehead atoms. The van der Waals surface area contributed by atoms with E-state index >= 15 is 0 Å². The summed E-state index contributed by atoms with van der Waals surface area (Å²) in [6.07, 6.45) is 4.23. The Balaban J connectivity index is 2.04. The van der Waals surface area contributed by atoms with Crippen molar-refractivity contribution in [3.05, 3.63) is 101 Å². The van der Waals surface area contributed by atoms with Gasteiger partial charge in [0.15, 0.2) is 0 Å². The van der Waals surface area contributed by atoms with E-state index < -0.39 is 0 Å². The van der Waals surface area contributed by atoms with E-state index in [1.54, 1.807) is 0 Å². The molecule has 0 radical (unpaired) electrons. The molecule has 0 heterocycles. The molecule has 2 heteroatoms. The quantitative estimate of drug-likeness (QED) is 0.383. The fourth-order valence-electron chi connectivity index (χ4n) is 2.86. The van der Waals surface area contributed by atoms with Crippen molar-refractivity contribution in [2.75, 3.05) is 0 Å². The van der Waals surface area contributed by atoms with Crippen LogP contribution >= 0.6 is 0 Å². The second-order valence-electron chi connectivity index (χ2n) is 6.12. The van der Waals surface area contributed by atoms with Crippen LogP contribution in [0.1, 0.15) is 27.8 Å². The lowest BCUT2D eigenvalue weighted by molar-refractivity contribution is 1.34. The van der Waals surface area contributed by atoms with Crippen LogP contribution in [-0.4, -0.2) is 5.84 Å². The first-order chi connectivity index (χ1) is 12.1. The fourth-order valence-corrected chi connectivity index (χ4v) is 2.86. The molecule has 2 N–H and O–H groups in total. The van der Waals surface area contributed by atoms with Gasteiger partial charge in [0.05, 0.1) is 5.69 Å². The Morgan fingerprint density at radius 3 is 2.16 bits per heavy atom. The highest BCUT2D eigenvalue weighted by molar-refractivity contribution is 6.03. The molecule has 0 amide bonds. The number of amidine groups is 1. The number of nitrogens with zero attached hydrogens (tertiary/aromatic N) is 1. The van der Waals surface area contributed by atoms with Gasteiger partial charge < -0.3 is 5.73 Å². The molecule has 0 aliphatic carbocycles. The molecule has 124 valence electrons. The summed E-state index contributed by atoms with van der Waals surface area (Å²) in [5, 5.41) is 0. The Hall–Kier alpha value is -3.13. The van der Waals surface area contributed by atoms with Crippen molar-refractivity contribution in [2.24, 2.45) is 10.7 Å². The number of para-hydroxylation sites is 1. The smallest absolute Gasteiger partial charge is 0.131 e. The zero-order valence-corrected chi connectivity index (χ0v) is 14.6. The van der Waals surface area contributed by atoms with E-state index in [2.05, 4.69) is 55.3 Å². The van der Waals surface area contributed by atoms with Crippen LogP contribution in [0.5, 0.6) is 0 Å². The predicted molar refractivity (Wildman–Crippen MR) is 108 cm³/mol. The van der Waals surface area contributed by atoms with Crippen molar-refractivity contribution < 1.29 is 0 Å². The van der Waals surface area contributed by atoms with Crippen LogP contribution in [0.2, 0.25) is 0 Å². The van der Waals surface area contributed by atoms with Gasteiger partial charge in [0.2, 0.25) is 0 Å². The molecule has 0 aliphatic rings. The van der Waals surface area contributed by atoms with Gasteiger partial charge in [-0.3, -0.25) is 0 Å². The van der Waals surface area contributed by atoms with Crippen LogP contribution < -0.4 is 5.73 Å². The molecular formula is C23H22N2. The number of hydrogen-bond donors (Lipinski definition) is 1. The van der Waals surface area contributed by atoms with Gasteiger partial charge in [-0.2, -0.15) is 0 Å². The SMILES string of the molecule is Cc1cc(C)c(C=Cc2ccccc2)c(C(N)=Nc2ccccc2)c1. The van der Waals surface area contributed by atoms with Gasteiger partial charge in [0.1, 0.15) is 5.84 Å². The van der Waals surface area contributed by atoms with Gasteiger partial charge in [-0.05, 0) is 48.7 Å². The van der Waals surface area contributed by atoms with Crippen LogP contribution in [0.4, 0.5) is 5.69 Å². The molecule has 0 aromatic heterocycles. The van der Waals surface area contributed by atoms with Crippen LogP contribution in [0.15, 0.2) is 77.8 Å². The monoisotopic (exact) mass is 326 g/mol. The van der Waals surface area contributed by atoms with Crippen molar-refractivity contribution in [2.45, 2.75) is 13.8 Å². The highest BCUT2D eigenvalue weighted by atomic mass is 14.9. The van der Waals surface area contributed by atoms with Crippen molar-refractivity contribution in [3.8, 4) is 0 Å². The minimum atomic E-state index is 0.533. The Kier molecular flexibility index (Phi) is 5.10. The lowest BCUT2D eigenvalue weighted by atomic mass is 9.97. The van der Waals surface area contributed by atoms with E-state index in [-0.39, 0.29) is 0 Å². The maximum atomic E-state index is 6.35. The summed E-state index contributed by atoms with van der Waals surface area (Å²) >= 11 is 0. The molecule has 0 unspecified atom stereocenters. The van der Waals surface area contributed by atoms with Crippen molar-refractivity contribution in [1.82, 2.24) is 0 Å². The predicted octanol–water partition coefficient (Wildman–Crippen LogP) is 5.51. The van der Waals surface area contributed by atoms with E-state index in [9.17, 15) is 0 Å². The average Bonchev–Trinajstić information content (AvgIpc) is 2.62. The molecule has 0 aliphatic heterocycles. The molecule has 0 spiro atoms. The standard InChI is InChI=1S/C23H22N2/c1-17-15-18(2)21(14-13-19-9-5-3-6-10-19)22(16-17)23(24)25-20-11-7-4-8-12-20/h3-16H,1-2H3,(H2,24,25). The van der Waals surface area contributed by atoms with Crippen molar-refractivity contribution in [1.29, 1.82) is 0 Å². The second-order valence-corrected chi connectivity index (χ2v) is 6.12. The molecule has 0 fully saturated rings. The van der Waals surface area contributed by atoms with Crippen LogP contribution in [-0.2, 0) is 0 Å². The Morgan fingerprint density at radius 2 is 1.48 bits per heavy atom. The molecule has 3 aromatic rings. The number of rotatable bonds is 4. The highest BCUT2D eigenvalue weighted by Gasteiger charge is 2.09. The molecule has 3 aromatic carbocycles.